The van der Waals surface area contributed by atoms with Crippen LogP contribution in [0.3, 0.4) is 0 Å². The van der Waals surface area contributed by atoms with Gasteiger partial charge in [-0.3, -0.25) is 0 Å². The quantitative estimate of drug-likeness (QED) is 0.0752. The van der Waals surface area contributed by atoms with Crippen LogP contribution in [0, 0.1) is 116 Å². The van der Waals surface area contributed by atoms with Gasteiger partial charge in [-0.15, -0.1) is 0 Å². The summed E-state index contributed by atoms with van der Waals surface area (Å²) in [6, 6.07) is 0. The Morgan fingerprint density at radius 1 is 0.259 bits per heavy atom. The fourth-order valence-electron chi connectivity index (χ4n) is 5.05. The largest absolute Gasteiger partial charge is 1.00 e. The first-order valence-corrected chi connectivity index (χ1v) is 15.8. The Morgan fingerprint density at radius 2 is 0.362 bits per heavy atom. The summed E-state index contributed by atoms with van der Waals surface area (Å²) in [6.45, 7) is -9.07. The molecule has 27 heteroatoms. The van der Waals surface area contributed by atoms with Crippen LogP contribution in [0.2, 0.25) is 0 Å². The number of halogens is 25. The maximum absolute atomic E-state index is 14.6. The average molecular weight is 1160 g/mol. The molecule has 0 amide bonds. The van der Waals surface area contributed by atoms with Crippen molar-refractivity contribution in [3.63, 3.8) is 0 Å². The number of rotatable bonds is 11. The van der Waals surface area contributed by atoms with Crippen molar-refractivity contribution >= 4 is 34.8 Å². The molecule has 0 aliphatic heterocycles. The highest BCUT2D eigenvalue weighted by molar-refractivity contribution is 6.63. The first-order valence-electron chi connectivity index (χ1n) is 14.5. The average Bonchev–Trinajstić information content (AvgIpc) is 3.16. The number of hydrogen-bond donors (Lipinski definition) is 2. The van der Waals surface area contributed by atoms with Gasteiger partial charge in [-0.1, -0.05) is 34.8 Å². The van der Waals surface area contributed by atoms with Crippen LogP contribution in [-0.4, -0.2) is 17.4 Å². The monoisotopic (exact) mass is 1150 g/mol. The predicted molar refractivity (Wildman–Crippen MR) is 153 cm³/mol. The summed E-state index contributed by atoms with van der Waals surface area (Å²) < 4.78 is 282. The minimum Gasteiger partial charge on any atom is -1.00 e. The molecule has 4 aromatic rings. The van der Waals surface area contributed by atoms with Crippen molar-refractivity contribution in [2.24, 2.45) is 0 Å². The first kappa shape index (κ1) is 53.7. The van der Waals surface area contributed by atoms with Gasteiger partial charge in [0.1, 0.15) is 39.3 Å². The van der Waals surface area contributed by atoms with Crippen molar-refractivity contribution in [3.8, 4) is 0 Å². The molecule has 2 nitrogen and oxygen atoms in total. The molecule has 0 aromatic heterocycles. The summed E-state index contributed by atoms with van der Waals surface area (Å²) >= 11 is 14.4. The molecule has 0 unspecified atom stereocenters. The smallest absolute Gasteiger partial charge is 0.200 e. The number of benzene rings is 4. The van der Waals surface area contributed by atoms with E-state index in [-0.39, 0.29) is 48.0 Å². The lowest BCUT2D eigenvalue weighted by Gasteiger charge is -2.25. The second-order valence-electron chi connectivity index (χ2n) is 11.1. The van der Waals surface area contributed by atoms with Crippen molar-refractivity contribution in [2.75, 3.05) is 13.1 Å². The molecule has 0 saturated carbocycles. The SMILES string of the molecule is ClC(Cl)Cl.Fc1c(F)c(F)c(C[NH+](CC[NH+](Cc2c(F)c(F)c(F)c(F)c2F)Cc2c(F)c(F)c(F)c(F)c2F)Cc2c(F)c(F)c(F)c(F)c2F)c(F)c1F.[I-].[I-]. The van der Waals surface area contributed by atoms with Gasteiger partial charge in [0.15, 0.2) is 97.4 Å². The minimum absolute atomic E-state index is 0. The summed E-state index contributed by atoms with van der Waals surface area (Å²) in [5, 5.41) is 0. The molecule has 0 bridgehead atoms. The molecule has 58 heavy (non-hydrogen) atoms. The van der Waals surface area contributed by atoms with E-state index < -0.39 is 192 Å². The van der Waals surface area contributed by atoms with Crippen molar-refractivity contribution in [2.45, 2.75) is 30.5 Å². The van der Waals surface area contributed by atoms with Gasteiger partial charge in [-0.05, 0) is 0 Å². The summed E-state index contributed by atoms with van der Waals surface area (Å²) in [6.07, 6.45) is 0. The van der Waals surface area contributed by atoms with E-state index in [1.54, 1.807) is 0 Å². The Kier molecular flexibility index (Phi) is 20.4. The zero-order valence-corrected chi connectivity index (χ0v) is 33.9. The van der Waals surface area contributed by atoms with Gasteiger partial charge in [0, 0.05) is 0 Å². The maximum Gasteiger partial charge on any atom is 0.200 e. The van der Waals surface area contributed by atoms with Crippen molar-refractivity contribution in [3.05, 3.63) is 139 Å². The number of quaternary nitrogens is 2. The van der Waals surface area contributed by atoms with E-state index in [0.717, 1.165) is 0 Å². The van der Waals surface area contributed by atoms with E-state index in [2.05, 4.69) is 0 Å². The Bertz CT molecular complexity index is 1760. The van der Waals surface area contributed by atoms with E-state index in [0.29, 0.717) is 0 Å². The van der Waals surface area contributed by atoms with Crippen LogP contribution in [0.25, 0.3) is 0 Å². The van der Waals surface area contributed by atoms with Gasteiger partial charge in [-0.25, -0.2) is 87.8 Å². The maximum atomic E-state index is 14.6. The molecule has 0 heterocycles. The molecule has 0 spiro atoms. The lowest BCUT2D eigenvalue weighted by Crippen LogP contribution is -3.18. The summed E-state index contributed by atoms with van der Waals surface area (Å²) in [5.41, 5.74) is -7.18. The second kappa shape index (κ2) is 22.0. The molecule has 0 aliphatic rings. The summed E-state index contributed by atoms with van der Waals surface area (Å²) in [5.74, 6) is -52.2. The molecule has 324 valence electrons. The van der Waals surface area contributed by atoms with Gasteiger partial charge >= 0.3 is 0 Å². The van der Waals surface area contributed by atoms with Crippen LogP contribution in [0.15, 0.2) is 0 Å². The zero-order valence-electron chi connectivity index (χ0n) is 27.3. The molecule has 0 radical (unpaired) electrons. The van der Waals surface area contributed by atoms with Crippen LogP contribution in [-0.2, 0) is 26.2 Å². The Balaban J connectivity index is 0.00000267. The highest BCUT2D eigenvalue weighted by Gasteiger charge is 2.35. The third kappa shape index (κ3) is 11.3. The summed E-state index contributed by atoms with van der Waals surface area (Å²) in [7, 11) is 0. The Hall–Kier alpha value is -2.27. The van der Waals surface area contributed by atoms with E-state index in [1.165, 1.54) is 0 Å². The molecule has 0 atom stereocenters. The number of alkyl halides is 3. The molecular weight excluding hydrogens is 1140 g/mol. The molecule has 0 aliphatic carbocycles. The van der Waals surface area contributed by atoms with Gasteiger partial charge in [0.25, 0.3) is 0 Å². The van der Waals surface area contributed by atoms with E-state index >= 15 is 0 Å². The number of nitrogens with one attached hydrogen (secondary N) is 2. The number of hydrogen-bond acceptors (Lipinski definition) is 0. The van der Waals surface area contributed by atoms with E-state index in [1.807, 2.05) is 0 Å². The molecule has 0 fully saturated rings. The Labute approximate surface area is 360 Å². The normalized spacial score (nSPS) is 11.3. The van der Waals surface area contributed by atoms with Crippen LogP contribution in [0.4, 0.5) is 87.8 Å². The van der Waals surface area contributed by atoms with Crippen LogP contribution in [0.1, 0.15) is 22.3 Å². The molecular formula is C31H15Cl3F20I2N2. The van der Waals surface area contributed by atoms with Crippen LogP contribution in [0.5, 0.6) is 0 Å². The topological polar surface area (TPSA) is 8.88 Å². The standard InChI is InChI=1S/C30H12F20N2.CHCl3.2HI/c31-11-7(12(32)20(40)27(47)19(11)39)3-51(4-8-13(33)21(41)28(48)22(42)14(8)34)1-2-52(5-9-15(35)23(43)29(49)24(44)16(9)36)6-10-17(37)25(45)30(50)26(46)18(10)38;2-1(3)4;;/h1-6H2;1H;2*1H. The van der Waals surface area contributed by atoms with E-state index in [4.69, 9.17) is 34.8 Å². The zero-order chi connectivity index (χ0) is 42.8. The van der Waals surface area contributed by atoms with Crippen LogP contribution >= 0.6 is 34.8 Å². The van der Waals surface area contributed by atoms with E-state index in [9.17, 15) is 87.8 Å². The lowest BCUT2D eigenvalue weighted by molar-refractivity contribution is -0.984. The fourth-order valence-corrected chi connectivity index (χ4v) is 5.05. The fraction of sp³-hybridized carbons (Fsp3) is 0.226. The highest BCUT2D eigenvalue weighted by atomic mass is 127. The molecule has 0 saturated heterocycles. The lowest BCUT2D eigenvalue weighted by atomic mass is 10.1. The van der Waals surface area contributed by atoms with Gasteiger partial charge in [0.2, 0.25) is 23.3 Å². The molecule has 2 N–H and O–H groups in total. The molecule has 4 aromatic carbocycles. The first-order chi connectivity index (χ1) is 25.9. The van der Waals surface area contributed by atoms with Gasteiger partial charge in [0.05, 0.1) is 22.3 Å². The van der Waals surface area contributed by atoms with Gasteiger partial charge in [-0.2, -0.15) is 0 Å². The second-order valence-corrected chi connectivity index (χ2v) is 13.1. The van der Waals surface area contributed by atoms with Crippen molar-refractivity contribution < 1.29 is 146 Å². The Morgan fingerprint density at radius 3 is 0.483 bits per heavy atom. The van der Waals surface area contributed by atoms with Crippen molar-refractivity contribution in [1.82, 2.24) is 0 Å². The molecule has 4 rings (SSSR count). The van der Waals surface area contributed by atoms with Crippen LogP contribution < -0.4 is 57.8 Å². The third-order valence-electron chi connectivity index (χ3n) is 7.74. The highest BCUT2D eigenvalue weighted by Crippen LogP contribution is 2.26. The minimum atomic E-state index is -2.71. The van der Waals surface area contributed by atoms with Crippen molar-refractivity contribution in [1.29, 1.82) is 0 Å². The van der Waals surface area contributed by atoms with Gasteiger partial charge < -0.3 is 57.8 Å². The predicted octanol–water partition coefficient (Wildman–Crippen LogP) is 2.33. The third-order valence-corrected chi connectivity index (χ3v) is 7.74. The summed E-state index contributed by atoms with van der Waals surface area (Å²) in [4.78, 5) is -1.97.